The maximum atomic E-state index is 12.2. The Kier molecular flexibility index (Phi) is 21.7. The molecular formula is C81H95N21O7. The minimum atomic E-state index is -1.23. The summed E-state index contributed by atoms with van der Waals surface area (Å²) in [5.41, 5.74) is 12.6. The van der Waals surface area contributed by atoms with Gasteiger partial charge in [0.1, 0.15) is 52.7 Å². The third-order valence-corrected chi connectivity index (χ3v) is 22.5. The van der Waals surface area contributed by atoms with Crippen molar-refractivity contribution >= 4 is 119 Å². The van der Waals surface area contributed by atoms with Gasteiger partial charge >= 0.3 is 5.97 Å². The van der Waals surface area contributed by atoms with Crippen LogP contribution in [0, 0.1) is 17.8 Å². The van der Waals surface area contributed by atoms with Gasteiger partial charge in [-0.1, -0.05) is 39.0 Å². The number of aromatic nitrogens is 15. The number of carboxylic acids is 1. The number of aliphatic hydroxyl groups is 3. The first-order valence-electron chi connectivity index (χ1n) is 38.5. The molecule has 28 heteroatoms. The lowest BCUT2D eigenvalue weighted by molar-refractivity contribution is -0.145. The van der Waals surface area contributed by atoms with E-state index in [1.54, 1.807) is 9.80 Å². The molecular weight excluding hydrogens is 1380 g/mol. The Morgan fingerprint density at radius 2 is 0.752 bits per heavy atom. The Bertz CT molecular complexity index is 5110. The summed E-state index contributed by atoms with van der Waals surface area (Å²) in [6.07, 6.45) is 30.5. The number of nitrogens with zero attached hydrogens (tertiary/aromatic N) is 17. The third-order valence-electron chi connectivity index (χ3n) is 22.5. The first-order valence-corrected chi connectivity index (χ1v) is 38.5. The van der Waals surface area contributed by atoms with Crippen molar-refractivity contribution in [3.8, 4) is 0 Å². The van der Waals surface area contributed by atoms with Gasteiger partial charge in [-0.25, -0.2) is 34.7 Å². The Labute approximate surface area is 630 Å². The first kappa shape index (κ1) is 73.7. The molecule has 109 heavy (non-hydrogen) atoms. The fraction of sp³-hybridized carbons (Fsp3) is 0.444. The summed E-state index contributed by atoms with van der Waals surface area (Å²) < 4.78 is 7.14. The van der Waals surface area contributed by atoms with E-state index in [9.17, 15) is 24.6 Å². The van der Waals surface area contributed by atoms with E-state index in [1.165, 1.54) is 83.1 Å². The maximum Gasteiger partial charge on any atom is 0.332 e. The molecule has 0 unspecified atom stereocenters. The Hall–Kier alpha value is -10.8. The number of hydrogen-bond donors (Lipinski definition) is 8. The minimum Gasteiger partial charge on any atom is -0.479 e. The Morgan fingerprint density at radius 3 is 1.08 bits per heavy atom. The first-order chi connectivity index (χ1) is 52.9. The molecule has 6 aliphatic rings. The standard InChI is InChI=1S/2C27H31N7O2.C24H27N7.C3H6O3/c2*1-16-3-6-19(7-4-16)34-23-14-28-11-9-20(23)21-13-29-27(32-25(21)34)31-24-8-5-18-15-33(26(36)17(2)35)12-10-22(18)30-24;1-15-2-5-17(6-3-15)31-21-14-26-10-8-18(21)19-13-27-24(30-23(19)31)29-22-7-4-16-12-25-11-9-20(16)28-22;1-2(4)3(5)6/h2*5,8-9,11,13-14,16-17,19,35H,3-4,6-7,10,12,15H2,1-2H3,(H,29,30,31,32);4,7-8,10,13-15,17,25H,2-3,5-6,9,11-12H2,1H3,(H,27,28,29,30);2,4H,1H3,(H,5,6)/t2*16?,17-,19?;;2-/m11.1/s1. The molecule has 18 rings (SSSR count). The number of rotatable bonds is 12. The molecule has 15 heterocycles. The number of fused-ring (bicyclic) bond motifs is 12. The predicted molar refractivity (Wildman–Crippen MR) is 417 cm³/mol. The number of carbonyl (C=O) groups excluding carboxylic acids is 2. The van der Waals surface area contributed by atoms with Crippen LogP contribution in [0.5, 0.6) is 0 Å². The van der Waals surface area contributed by atoms with E-state index in [4.69, 9.17) is 40.1 Å². The zero-order valence-corrected chi connectivity index (χ0v) is 62.6. The monoisotopic (exact) mass is 1470 g/mol. The molecule has 2 amide bonds. The van der Waals surface area contributed by atoms with Gasteiger partial charge in [0.25, 0.3) is 11.8 Å². The van der Waals surface area contributed by atoms with E-state index in [1.807, 2.05) is 98.2 Å². The number of pyridine rings is 6. The minimum absolute atomic E-state index is 0.248. The topological polar surface area (TPSA) is 356 Å². The molecule has 0 bridgehead atoms. The van der Waals surface area contributed by atoms with Crippen LogP contribution in [0.25, 0.3) is 65.8 Å². The van der Waals surface area contributed by atoms with Crippen molar-refractivity contribution in [2.45, 2.75) is 194 Å². The van der Waals surface area contributed by atoms with Crippen LogP contribution in [0.1, 0.15) is 170 Å². The van der Waals surface area contributed by atoms with Crippen LogP contribution < -0.4 is 21.3 Å². The highest BCUT2D eigenvalue weighted by atomic mass is 16.4. The molecule has 566 valence electrons. The molecule has 12 aromatic rings. The Morgan fingerprint density at radius 1 is 0.422 bits per heavy atom. The number of carbonyl (C=O) groups is 3. The zero-order chi connectivity index (χ0) is 75.6. The summed E-state index contributed by atoms with van der Waals surface area (Å²) in [4.78, 5) is 93.5. The second-order valence-corrected chi connectivity index (χ2v) is 30.4. The smallest absolute Gasteiger partial charge is 0.332 e. The van der Waals surface area contributed by atoms with Gasteiger partial charge in [0, 0.05) is 163 Å². The van der Waals surface area contributed by atoms with Crippen molar-refractivity contribution in [2.75, 3.05) is 35.6 Å². The van der Waals surface area contributed by atoms with Crippen molar-refractivity contribution < 1.29 is 34.8 Å². The normalized spacial score (nSPS) is 20.6. The number of aliphatic hydroxyl groups excluding tert-OH is 3. The molecule has 3 aliphatic carbocycles. The van der Waals surface area contributed by atoms with Crippen LogP contribution in [-0.4, -0.2) is 159 Å². The summed E-state index contributed by atoms with van der Waals surface area (Å²) >= 11 is 0. The summed E-state index contributed by atoms with van der Waals surface area (Å²) in [6.45, 7) is 15.1. The zero-order valence-electron chi connectivity index (χ0n) is 62.6. The van der Waals surface area contributed by atoms with E-state index in [0.717, 1.165) is 157 Å². The molecule has 3 saturated carbocycles. The van der Waals surface area contributed by atoms with Gasteiger partial charge in [0.05, 0.1) is 35.1 Å². The van der Waals surface area contributed by atoms with Gasteiger partial charge in [0.15, 0.2) is 0 Å². The maximum absolute atomic E-state index is 12.2. The quantitative estimate of drug-likeness (QED) is 0.0563. The molecule has 0 aromatic carbocycles. The van der Waals surface area contributed by atoms with Gasteiger partial charge in [-0.2, -0.15) is 15.0 Å². The third kappa shape index (κ3) is 15.9. The van der Waals surface area contributed by atoms with E-state index in [2.05, 4.69) is 97.8 Å². The number of aliphatic carboxylic acids is 1. The van der Waals surface area contributed by atoms with Gasteiger partial charge in [-0.3, -0.25) is 24.5 Å². The van der Waals surface area contributed by atoms with Crippen LogP contribution in [-0.2, 0) is 53.3 Å². The molecule has 3 fully saturated rings. The second-order valence-electron chi connectivity index (χ2n) is 30.4. The van der Waals surface area contributed by atoms with Crippen LogP contribution in [0.4, 0.5) is 35.3 Å². The molecule has 0 spiro atoms. The van der Waals surface area contributed by atoms with Crippen molar-refractivity contribution in [3.05, 3.63) is 144 Å². The van der Waals surface area contributed by atoms with E-state index >= 15 is 0 Å². The molecule has 28 nitrogen and oxygen atoms in total. The lowest BCUT2D eigenvalue weighted by atomic mass is 9.87. The van der Waals surface area contributed by atoms with Gasteiger partial charge in [-0.15, -0.1) is 0 Å². The van der Waals surface area contributed by atoms with E-state index in [0.29, 0.717) is 86.6 Å². The molecule has 12 aromatic heterocycles. The van der Waals surface area contributed by atoms with Crippen LogP contribution >= 0.6 is 0 Å². The predicted octanol–water partition coefficient (Wildman–Crippen LogP) is 12.2. The summed E-state index contributed by atoms with van der Waals surface area (Å²) in [5.74, 6) is 4.44. The second kappa shape index (κ2) is 32.2. The SMILES string of the molecule is CC1CCC(n2c3cnccc3c3cnc(Nc4ccc5c(n4)CCN(C(=O)[C@@H](C)O)C5)nc32)CC1.CC1CCC(n2c3cnccc3c3cnc(Nc4ccc5c(n4)CCN(C(=O)[C@@H](C)O)C5)nc32)CC1.CC1CCC(n2c3cnccc3c3cnc(Nc4ccc5c(n4)CCNC5)nc32)CC1.C[C@@H](O)C(=O)O. The molecule has 3 aliphatic heterocycles. The van der Waals surface area contributed by atoms with Crippen LogP contribution in [0.3, 0.4) is 0 Å². The fourth-order valence-corrected chi connectivity index (χ4v) is 16.4. The number of amides is 2. The number of anilines is 6. The number of hydrogen-bond acceptors (Lipinski definition) is 22. The van der Waals surface area contributed by atoms with E-state index in [-0.39, 0.29) is 11.8 Å². The van der Waals surface area contributed by atoms with Crippen molar-refractivity contribution in [3.63, 3.8) is 0 Å². The highest BCUT2D eigenvalue weighted by molar-refractivity contribution is 6.08. The Balaban J connectivity index is 0.000000126. The van der Waals surface area contributed by atoms with Gasteiger partial charge in [0.2, 0.25) is 17.8 Å². The summed E-state index contributed by atoms with van der Waals surface area (Å²) in [6, 6.07) is 19.3. The average molecular weight is 1470 g/mol. The lowest BCUT2D eigenvalue weighted by Gasteiger charge is -2.29. The molecule has 8 N–H and O–H groups in total. The number of nitrogens with one attached hydrogen (secondary N) is 4. The lowest BCUT2D eigenvalue weighted by Crippen LogP contribution is -2.41. The highest BCUT2D eigenvalue weighted by Crippen LogP contribution is 2.42. The van der Waals surface area contributed by atoms with Crippen molar-refractivity contribution in [1.29, 1.82) is 0 Å². The fourth-order valence-electron chi connectivity index (χ4n) is 16.4. The van der Waals surface area contributed by atoms with Crippen molar-refractivity contribution in [1.82, 2.24) is 88.6 Å². The van der Waals surface area contributed by atoms with Crippen molar-refractivity contribution in [2.24, 2.45) is 17.8 Å². The molecule has 0 saturated heterocycles. The summed E-state index contributed by atoms with van der Waals surface area (Å²) in [5, 5.41) is 55.0. The van der Waals surface area contributed by atoms with Gasteiger partial charge < -0.3 is 65.2 Å². The van der Waals surface area contributed by atoms with E-state index < -0.39 is 24.3 Å². The van der Waals surface area contributed by atoms with Gasteiger partial charge in [-0.05, 0) is 169 Å². The molecule has 0 radical (unpaired) electrons. The average Bonchev–Trinajstić information content (AvgIpc) is 1.61. The van der Waals surface area contributed by atoms with Crippen LogP contribution in [0.15, 0.2) is 110 Å². The summed E-state index contributed by atoms with van der Waals surface area (Å²) in [7, 11) is 0. The highest BCUT2D eigenvalue weighted by Gasteiger charge is 2.31. The van der Waals surface area contributed by atoms with Crippen LogP contribution in [0.2, 0.25) is 0 Å². The largest absolute Gasteiger partial charge is 0.479 e. The molecule has 3 atom stereocenters. The number of carboxylic acid groups (broad SMARTS) is 1.